The number of carbonyl (C=O) groups excluding carboxylic acids is 3. The Morgan fingerprint density at radius 2 is 1.77 bits per heavy atom. The number of rotatable bonds is 9. The number of aliphatic hydroxyl groups excluding tert-OH is 1. The minimum absolute atomic E-state index is 0.149. The lowest BCUT2D eigenvalue weighted by atomic mass is 9.82. The van der Waals surface area contributed by atoms with Crippen LogP contribution in [0.1, 0.15) is 24.5 Å². The third-order valence-electron chi connectivity index (χ3n) is 7.50. The molecule has 0 aromatic heterocycles. The first kappa shape index (κ1) is 26.6. The maximum atomic E-state index is 14.4. The van der Waals surface area contributed by atoms with Crippen LogP contribution < -0.4 is 9.64 Å². The van der Waals surface area contributed by atoms with Crippen LogP contribution in [0.2, 0.25) is 0 Å². The number of Topliss-reactive ketones (excluding diaryl/α,β-unsaturated/α-hetero) is 1. The van der Waals surface area contributed by atoms with E-state index in [1.54, 1.807) is 47.4 Å². The molecule has 2 aromatic rings. The molecule has 1 atom stereocenters. The molecule has 3 heterocycles. The number of ether oxygens (including phenoxy) is 2. The molecule has 2 fully saturated rings. The van der Waals surface area contributed by atoms with Gasteiger partial charge in [0.05, 0.1) is 24.5 Å². The maximum absolute atomic E-state index is 14.4. The maximum Gasteiger partial charge on any atom is 0.296 e. The molecule has 2 aromatic carbocycles. The normalized spacial score (nSPS) is 22.5. The lowest BCUT2D eigenvalue weighted by Gasteiger charge is -2.36. The zero-order valence-corrected chi connectivity index (χ0v) is 22.1. The molecule has 39 heavy (non-hydrogen) atoms. The summed E-state index contributed by atoms with van der Waals surface area (Å²) in [6, 6.07) is 13.8. The van der Waals surface area contributed by atoms with Crippen LogP contribution in [-0.4, -0.2) is 85.0 Å². The van der Waals surface area contributed by atoms with Crippen LogP contribution in [0.4, 0.5) is 5.69 Å². The topological polar surface area (TPSA) is 99.6 Å². The molecule has 204 valence electrons. The molecule has 0 saturated carbocycles. The molecule has 5 rings (SSSR count). The van der Waals surface area contributed by atoms with Crippen LogP contribution in [0.3, 0.4) is 0 Å². The van der Waals surface area contributed by atoms with Crippen molar-refractivity contribution in [2.24, 2.45) is 0 Å². The van der Waals surface area contributed by atoms with Gasteiger partial charge in [-0.25, -0.2) is 0 Å². The molecule has 2 saturated heterocycles. The third-order valence-corrected chi connectivity index (χ3v) is 7.50. The van der Waals surface area contributed by atoms with Crippen molar-refractivity contribution in [1.29, 1.82) is 0 Å². The Bertz CT molecular complexity index is 1310. The number of anilines is 1. The molecule has 1 unspecified atom stereocenters. The Hall–Kier alpha value is -3.95. The number of aliphatic hydroxyl groups is 1. The van der Waals surface area contributed by atoms with Gasteiger partial charge in [-0.05, 0) is 36.8 Å². The van der Waals surface area contributed by atoms with E-state index in [4.69, 9.17) is 9.47 Å². The van der Waals surface area contributed by atoms with E-state index in [0.29, 0.717) is 75.0 Å². The highest BCUT2D eigenvalue weighted by Gasteiger charge is 2.66. The fraction of sp³-hybridized carbons (Fsp3) is 0.367. The highest BCUT2D eigenvalue weighted by Crippen LogP contribution is 2.53. The van der Waals surface area contributed by atoms with Gasteiger partial charge in [-0.1, -0.05) is 37.8 Å². The van der Waals surface area contributed by atoms with Crippen molar-refractivity contribution in [2.75, 3.05) is 57.4 Å². The number of benzene rings is 2. The monoisotopic (exact) mass is 531 g/mol. The molecule has 0 bridgehead atoms. The number of likely N-dealkylation sites (tertiary alicyclic amines) is 1. The number of morpholine rings is 1. The quantitative estimate of drug-likeness (QED) is 0.230. The minimum atomic E-state index is -1.76. The standard InChI is InChI=1S/C30H33N3O6/c1-3-13-32-24-8-6-5-7-23(24)30(29(32)37)25(26(34)21-9-11-22(12-10-21)39-18-4-2)27(35)28(36)33(30)15-14-31-16-19-38-20-17-31/h4-12,34H,2-3,13-20H2,1H3. The van der Waals surface area contributed by atoms with Crippen molar-refractivity contribution in [2.45, 2.75) is 18.9 Å². The first-order valence-corrected chi connectivity index (χ1v) is 13.3. The van der Waals surface area contributed by atoms with Crippen LogP contribution in [0.25, 0.3) is 5.76 Å². The molecular formula is C30H33N3O6. The Kier molecular flexibility index (Phi) is 7.54. The summed E-state index contributed by atoms with van der Waals surface area (Å²) < 4.78 is 11.0. The zero-order chi connectivity index (χ0) is 27.6. The second-order valence-electron chi connectivity index (χ2n) is 9.77. The van der Waals surface area contributed by atoms with Gasteiger partial charge in [-0.3, -0.25) is 19.3 Å². The second-order valence-corrected chi connectivity index (χ2v) is 9.77. The van der Waals surface area contributed by atoms with Crippen molar-refractivity contribution >= 4 is 29.0 Å². The Morgan fingerprint density at radius 1 is 1.05 bits per heavy atom. The number of para-hydroxylation sites is 1. The summed E-state index contributed by atoms with van der Waals surface area (Å²) in [5.74, 6) is -1.90. The van der Waals surface area contributed by atoms with Crippen molar-refractivity contribution in [3.05, 3.63) is 77.9 Å². The van der Waals surface area contributed by atoms with Gasteiger partial charge >= 0.3 is 0 Å². The number of nitrogens with zero attached hydrogens (tertiary/aromatic N) is 3. The van der Waals surface area contributed by atoms with Gasteiger partial charge in [0.1, 0.15) is 18.1 Å². The SMILES string of the molecule is C=CCOc1ccc(C(O)=C2C(=O)C(=O)N(CCN3CCOCC3)C23C(=O)N(CCC)c2ccccc23)cc1. The summed E-state index contributed by atoms with van der Waals surface area (Å²) in [6.45, 7) is 9.52. The molecule has 9 nitrogen and oxygen atoms in total. The van der Waals surface area contributed by atoms with Crippen molar-refractivity contribution in [3.63, 3.8) is 0 Å². The Morgan fingerprint density at radius 3 is 2.46 bits per heavy atom. The predicted molar refractivity (Wildman–Crippen MR) is 146 cm³/mol. The average Bonchev–Trinajstić information content (AvgIpc) is 3.34. The lowest BCUT2D eigenvalue weighted by Crippen LogP contribution is -2.54. The van der Waals surface area contributed by atoms with E-state index in [-0.39, 0.29) is 17.9 Å². The highest BCUT2D eigenvalue weighted by molar-refractivity contribution is 6.50. The van der Waals surface area contributed by atoms with Gasteiger partial charge in [-0.15, -0.1) is 0 Å². The number of ketones is 1. The fourth-order valence-corrected chi connectivity index (χ4v) is 5.69. The van der Waals surface area contributed by atoms with E-state index >= 15 is 0 Å². The van der Waals surface area contributed by atoms with Crippen molar-refractivity contribution < 1.29 is 29.0 Å². The number of hydrogen-bond acceptors (Lipinski definition) is 7. The third kappa shape index (κ3) is 4.41. The second kappa shape index (κ2) is 11.0. The number of carbonyl (C=O) groups is 3. The van der Waals surface area contributed by atoms with Crippen LogP contribution in [0.15, 0.2) is 66.8 Å². The van der Waals surface area contributed by atoms with Gasteiger partial charge in [-0.2, -0.15) is 0 Å². The molecule has 9 heteroatoms. The smallest absolute Gasteiger partial charge is 0.296 e. The predicted octanol–water partition coefficient (Wildman–Crippen LogP) is 2.92. The van der Waals surface area contributed by atoms with Crippen LogP contribution in [0.5, 0.6) is 5.75 Å². The molecule has 0 radical (unpaired) electrons. The van der Waals surface area contributed by atoms with Gasteiger partial charge in [0.15, 0.2) is 5.54 Å². The lowest BCUT2D eigenvalue weighted by molar-refractivity contribution is -0.144. The molecule has 2 amide bonds. The van der Waals surface area contributed by atoms with E-state index in [1.807, 2.05) is 19.1 Å². The molecule has 3 aliphatic rings. The van der Waals surface area contributed by atoms with Gasteiger partial charge in [0.25, 0.3) is 17.6 Å². The summed E-state index contributed by atoms with van der Waals surface area (Å²) in [7, 11) is 0. The first-order chi connectivity index (χ1) is 18.9. The van der Waals surface area contributed by atoms with Gasteiger partial charge in [0, 0.05) is 43.9 Å². The number of hydrogen-bond donors (Lipinski definition) is 1. The van der Waals surface area contributed by atoms with E-state index in [1.165, 1.54) is 4.90 Å². The zero-order valence-electron chi connectivity index (χ0n) is 22.1. The average molecular weight is 532 g/mol. The van der Waals surface area contributed by atoms with Gasteiger partial charge < -0.3 is 24.4 Å². The van der Waals surface area contributed by atoms with Gasteiger partial charge in [0.2, 0.25) is 0 Å². The van der Waals surface area contributed by atoms with Crippen molar-refractivity contribution in [1.82, 2.24) is 9.80 Å². The molecule has 1 N–H and O–H groups in total. The fourth-order valence-electron chi connectivity index (χ4n) is 5.69. The first-order valence-electron chi connectivity index (χ1n) is 13.3. The number of amides is 2. The minimum Gasteiger partial charge on any atom is -0.507 e. The summed E-state index contributed by atoms with van der Waals surface area (Å²) in [6.07, 6.45) is 2.31. The van der Waals surface area contributed by atoms with Crippen LogP contribution >= 0.6 is 0 Å². The number of fused-ring (bicyclic) bond motifs is 2. The van der Waals surface area contributed by atoms with E-state index in [2.05, 4.69) is 11.5 Å². The van der Waals surface area contributed by atoms with Crippen LogP contribution in [-0.2, 0) is 24.7 Å². The van der Waals surface area contributed by atoms with E-state index in [0.717, 1.165) is 0 Å². The summed E-state index contributed by atoms with van der Waals surface area (Å²) >= 11 is 0. The molecule has 1 spiro atoms. The Balaban J connectivity index is 1.66. The molecule has 0 aliphatic carbocycles. The van der Waals surface area contributed by atoms with E-state index in [9.17, 15) is 19.5 Å². The largest absolute Gasteiger partial charge is 0.507 e. The van der Waals surface area contributed by atoms with E-state index < -0.39 is 23.1 Å². The summed E-state index contributed by atoms with van der Waals surface area (Å²) in [5.41, 5.74) is -0.483. The summed E-state index contributed by atoms with van der Waals surface area (Å²) in [4.78, 5) is 46.9. The van der Waals surface area contributed by atoms with Crippen molar-refractivity contribution in [3.8, 4) is 5.75 Å². The highest BCUT2D eigenvalue weighted by atomic mass is 16.5. The molecular weight excluding hydrogens is 498 g/mol. The summed E-state index contributed by atoms with van der Waals surface area (Å²) in [5, 5.41) is 11.6. The molecule has 3 aliphatic heterocycles. The Labute approximate surface area is 227 Å². The van der Waals surface area contributed by atoms with Crippen LogP contribution in [0, 0.1) is 0 Å².